The lowest BCUT2D eigenvalue weighted by atomic mass is 10.0. The van der Waals surface area contributed by atoms with Crippen molar-refractivity contribution in [3.63, 3.8) is 0 Å². The van der Waals surface area contributed by atoms with Crippen LogP contribution in [0.5, 0.6) is 0 Å². The van der Waals surface area contributed by atoms with Crippen molar-refractivity contribution in [2.24, 2.45) is 5.73 Å². The van der Waals surface area contributed by atoms with E-state index in [1.807, 2.05) is 10.9 Å². The summed E-state index contributed by atoms with van der Waals surface area (Å²) in [5, 5.41) is 4.29. The van der Waals surface area contributed by atoms with Gasteiger partial charge < -0.3 is 5.73 Å². The lowest BCUT2D eigenvalue weighted by Gasteiger charge is -2.09. The maximum atomic E-state index is 6.18. The molecule has 0 aliphatic heterocycles. The minimum absolute atomic E-state index is 0.296. The second-order valence-corrected chi connectivity index (χ2v) is 5.58. The van der Waals surface area contributed by atoms with Crippen LogP contribution in [0.4, 0.5) is 0 Å². The van der Waals surface area contributed by atoms with E-state index < -0.39 is 0 Å². The number of hydrogen-bond donors (Lipinski definition) is 1. The van der Waals surface area contributed by atoms with Crippen molar-refractivity contribution in [3.05, 3.63) is 18.0 Å². The Balaban J connectivity index is 2.03. The average molecular weight is 265 g/mol. The first-order valence-corrected chi connectivity index (χ1v) is 8.03. The third-order valence-electron chi connectivity index (χ3n) is 3.69. The molecule has 1 heterocycles. The Morgan fingerprint density at radius 1 is 1.11 bits per heavy atom. The minimum Gasteiger partial charge on any atom is -0.327 e. The molecule has 0 aliphatic carbocycles. The molecule has 110 valence electrons. The van der Waals surface area contributed by atoms with Gasteiger partial charge in [-0.1, -0.05) is 51.9 Å². The maximum absolute atomic E-state index is 6.18. The highest BCUT2D eigenvalue weighted by Gasteiger charge is 2.05. The zero-order chi connectivity index (χ0) is 13.9. The highest BCUT2D eigenvalue weighted by molar-refractivity contribution is 5.05. The average Bonchev–Trinajstić information content (AvgIpc) is 2.85. The molecule has 1 aromatic heterocycles. The van der Waals surface area contributed by atoms with Gasteiger partial charge in [0.1, 0.15) is 0 Å². The van der Waals surface area contributed by atoms with Gasteiger partial charge in [0.05, 0.1) is 6.20 Å². The van der Waals surface area contributed by atoms with E-state index >= 15 is 0 Å². The monoisotopic (exact) mass is 265 g/mol. The molecular formula is C16H31N3. The van der Waals surface area contributed by atoms with Gasteiger partial charge in [0, 0.05) is 18.8 Å². The third-order valence-corrected chi connectivity index (χ3v) is 3.69. The normalized spacial score (nSPS) is 12.8. The van der Waals surface area contributed by atoms with Crippen LogP contribution < -0.4 is 5.73 Å². The number of nitrogens with two attached hydrogens (primary N) is 1. The molecule has 0 amide bonds. The first-order valence-electron chi connectivity index (χ1n) is 8.03. The van der Waals surface area contributed by atoms with Crippen LogP contribution in [0.15, 0.2) is 12.4 Å². The SMILES string of the molecule is CCCCCCCCCC(N)Cc1cnn(CC)c1. The van der Waals surface area contributed by atoms with E-state index in [0.29, 0.717) is 6.04 Å². The van der Waals surface area contributed by atoms with Crippen LogP contribution in [-0.4, -0.2) is 15.8 Å². The summed E-state index contributed by atoms with van der Waals surface area (Å²) in [5.41, 5.74) is 7.46. The first kappa shape index (κ1) is 16.2. The molecule has 1 rings (SSSR count). The molecular weight excluding hydrogens is 234 g/mol. The molecule has 19 heavy (non-hydrogen) atoms. The van der Waals surface area contributed by atoms with E-state index in [4.69, 9.17) is 5.73 Å². The van der Waals surface area contributed by atoms with Crippen LogP contribution >= 0.6 is 0 Å². The Labute approximate surface area is 118 Å². The van der Waals surface area contributed by atoms with Crippen molar-refractivity contribution in [1.29, 1.82) is 0 Å². The van der Waals surface area contributed by atoms with Gasteiger partial charge in [-0.25, -0.2) is 0 Å². The van der Waals surface area contributed by atoms with E-state index in [2.05, 4.69) is 25.1 Å². The Morgan fingerprint density at radius 3 is 2.42 bits per heavy atom. The molecule has 0 saturated heterocycles. The van der Waals surface area contributed by atoms with Crippen molar-refractivity contribution in [2.45, 2.75) is 84.2 Å². The van der Waals surface area contributed by atoms with E-state index in [9.17, 15) is 0 Å². The summed E-state index contributed by atoms with van der Waals surface area (Å²) >= 11 is 0. The van der Waals surface area contributed by atoms with Crippen molar-refractivity contribution in [2.75, 3.05) is 0 Å². The van der Waals surface area contributed by atoms with Gasteiger partial charge in [0.25, 0.3) is 0 Å². The van der Waals surface area contributed by atoms with E-state index in [1.54, 1.807) is 0 Å². The molecule has 0 fully saturated rings. The molecule has 3 nitrogen and oxygen atoms in total. The Bertz CT molecular complexity index is 320. The minimum atomic E-state index is 0.296. The predicted octanol–water partition coefficient (Wildman–Crippen LogP) is 3.91. The summed E-state index contributed by atoms with van der Waals surface area (Å²) < 4.78 is 1.97. The molecule has 0 radical (unpaired) electrons. The number of rotatable bonds is 11. The topological polar surface area (TPSA) is 43.8 Å². The highest BCUT2D eigenvalue weighted by Crippen LogP contribution is 2.11. The van der Waals surface area contributed by atoms with Crippen LogP contribution in [0.25, 0.3) is 0 Å². The predicted molar refractivity (Wildman–Crippen MR) is 82.2 cm³/mol. The summed E-state index contributed by atoms with van der Waals surface area (Å²) in [6.45, 7) is 5.31. The smallest absolute Gasteiger partial charge is 0.0522 e. The molecule has 1 aromatic rings. The second kappa shape index (κ2) is 10.0. The van der Waals surface area contributed by atoms with Crippen LogP contribution in [0.3, 0.4) is 0 Å². The molecule has 0 bridgehead atoms. The summed E-state index contributed by atoms with van der Waals surface area (Å²) in [6.07, 6.45) is 15.7. The number of hydrogen-bond acceptors (Lipinski definition) is 2. The van der Waals surface area contributed by atoms with Crippen molar-refractivity contribution < 1.29 is 0 Å². The number of aryl methyl sites for hydroxylation is 1. The van der Waals surface area contributed by atoms with Gasteiger partial charge >= 0.3 is 0 Å². The van der Waals surface area contributed by atoms with Crippen LogP contribution in [0.2, 0.25) is 0 Å². The standard InChI is InChI=1S/C16H31N3/c1-3-5-6-7-8-9-10-11-16(17)12-15-13-18-19(4-2)14-15/h13-14,16H,3-12,17H2,1-2H3. The maximum Gasteiger partial charge on any atom is 0.0522 e. The summed E-state index contributed by atoms with van der Waals surface area (Å²) in [4.78, 5) is 0. The fraction of sp³-hybridized carbons (Fsp3) is 0.812. The molecule has 2 N–H and O–H groups in total. The molecule has 1 atom stereocenters. The van der Waals surface area contributed by atoms with Gasteiger partial charge in [-0.3, -0.25) is 4.68 Å². The molecule has 1 unspecified atom stereocenters. The van der Waals surface area contributed by atoms with Gasteiger partial charge in [0.2, 0.25) is 0 Å². The van der Waals surface area contributed by atoms with Crippen LogP contribution in [0.1, 0.15) is 70.8 Å². The van der Waals surface area contributed by atoms with Crippen LogP contribution in [-0.2, 0) is 13.0 Å². The lowest BCUT2D eigenvalue weighted by molar-refractivity contribution is 0.528. The Morgan fingerprint density at radius 2 is 1.79 bits per heavy atom. The van der Waals surface area contributed by atoms with Crippen molar-refractivity contribution >= 4 is 0 Å². The third kappa shape index (κ3) is 7.36. The van der Waals surface area contributed by atoms with Crippen molar-refractivity contribution in [3.8, 4) is 0 Å². The molecule has 3 heteroatoms. The van der Waals surface area contributed by atoms with E-state index in [0.717, 1.165) is 19.4 Å². The quantitative estimate of drug-likeness (QED) is 0.616. The van der Waals surface area contributed by atoms with Crippen LogP contribution in [0, 0.1) is 0 Å². The van der Waals surface area contributed by atoms with Gasteiger partial charge in [-0.05, 0) is 25.3 Å². The first-order chi connectivity index (χ1) is 9.26. The fourth-order valence-electron chi connectivity index (χ4n) is 2.45. The second-order valence-electron chi connectivity index (χ2n) is 5.58. The summed E-state index contributed by atoms with van der Waals surface area (Å²) in [7, 11) is 0. The lowest BCUT2D eigenvalue weighted by Crippen LogP contribution is -2.22. The Hall–Kier alpha value is -0.830. The number of unbranched alkanes of at least 4 members (excludes halogenated alkanes) is 6. The summed E-state index contributed by atoms with van der Waals surface area (Å²) in [5.74, 6) is 0. The number of nitrogens with zero attached hydrogens (tertiary/aromatic N) is 2. The zero-order valence-electron chi connectivity index (χ0n) is 12.8. The largest absolute Gasteiger partial charge is 0.327 e. The fourth-order valence-corrected chi connectivity index (χ4v) is 2.45. The van der Waals surface area contributed by atoms with E-state index in [1.165, 1.54) is 50.5 Å². The highest BCUT2D eigenvalue weighted by atomic mass is 15.3. The molecule has 0 spiro atoms. The number of aromatic nitrogens is 2. The summed E-state index contributed by atoms with van der Waals surface area (Å²) in [6, 6.07) is 0.296. The van der Waals surface area contributed by atoms with Gasteiger partial charge in [-0.2, -0.15) is 5.10 Å². The Kier molecular flexibility index (Phi) is 8.55. The molecule has 0 aromatic carbocycles. The van der Waals surface area contributed by atoms with Gasteiger partial charge in [-0.15, -0.1) is 0 Å². The van der Waals surface area contributed by atoms with E-state index in [-0.39, 0.29) is 0 Å². The molecule has 0 saturated carbocycles. The van der Waals surface area contributed by atoms with Crippen molar-refractivity contribution in [1.82, 2.24) is 9.78 Å². The zero-order valence-corrected chi connectivity index (χ0v) is 12.8. The molecule has 0 aliphatic rings. The van der Waals surface area contributed by atoms with Gasteiger partial charge in [0.15, 0.2) is 0 Å².